The van der Waals surface area contributed by atoms with E-state index in [-0.39, 0.29) is 0 Å². The van der Waals surface area contributed by atoms with Crippen molar-refractivity contribution in [1.29, 1.82) is 5.26 Å². The van der Waals surface area contributed by atoms with E-state index < -0.39 is 0 Å². The van der Waals surface area contributed by atoms with Gasteiger partial charge < -0.3 is 4.90 Å². The van der Waals surface area contributed by atoms with Gasteiger partial charge in [0.25, 0.3) is 0 Å². The molecule has 0 aromatic heterocycles. The first kappa shape index (κ1) is 14.5. The normalized spacial score (nSPS) is 20.9. The second-order valence-electron chi connectivity index (χ2n) is 4.45. The van der Waals surface area contributed by atoms with Gasteiger partial charge in [0.2, 0.25) is 0 Å². The Kier molecular flexibility index (Phi) is 9.62. The van der Waals surface area contributed by atoms with E-state index in [0.717, 1.165) is 5.92 Å². The molecule has 0 radical (unpaired) electrons. The van der Waals surface area contributed by atoms with Crippen LogP contribution in [-0.2, 0) is 0 Å². The SMILES string of the molecule is C#N.CCCCCN1CCC(CCC)C1. The van der Waals surface area contributed by atoms with Crippen molar-refractivity contribution in [3.63, 3.8) is 0 Å². The van der Waals surface area contributed by atoms with Crippen molar-refractivity contribution in [2.24, 2.45) is 5.92 Å². The average molecular weight is 210 g/mol. The van der Waals surface area contributed by atoms with Crippen molar-refractivity contribution >= 4 is 0 Å². The van der Waals surface area contributed by atoms with Crippen LogP contribution in [0.1, 0.15) is 52.4 Å². The van der Waals surface area contributed by atoms with E-state index in [1.165, 1.54) is 58.2 Å². The molecule has 1 unspecified atom stereocenters. The minimum atomic E-state index is 1.02. The molecule has 1 fully saturated rings. The molecule has 0 spiro atoms. The van der Waals surface area contributed by atoms with E-state index in [2.05, 4.69) is 25.3 Å². The van der Waals surface area contributed by atoms with Gasteiger partial charge in [-0.15, -0.1) is 0 Å². The fraction of sp³-hybridized carbons (Fsp3) is 0.923. The van der Waals surface area contributed by atoms with E-state index in [1.54, 1.807) is 0 Å². The topological polar surface area (TPSA) is 27.0 Å². The maximum Gasteiger partial charge on any atom is 0.0462 e. The van der Waals surface area contributed by atoms with Gasteiger partial charge in [0.05, 0.1) is 0 Å². The molecular formula is C13H26N2. The Morgan fingerprint density at radius 3 is 2.53 bits per heavy atom. The van der Waals surface area contributed by atoms with Crippen LogP contribution in [0, 0.1) is 17.8 Å². The predicted molar refractivity (Wildman–Crippen MR) is 65.7 cm³/mol. The highest BCUT2D eigenvalue weighted by Crippen LogP contribution is 2.20. The van der Waals surface area contributed by atoms with Crippen LogP contribution in [0.3, 0.4) is 0 Å². The zero-order chi connectivity index (χ0) is 11.5. The van der Waals surface area contributed by atoms with Crippen LogP contribution < -0.4 is 0 Å². The zero-order valence-corrected chi connectivity index (χ0v) is 10.4. The van der Waals surface area contributed by atoms with E-state index in [0.29, 0.717) is 0 Å². The standard InChI is InChI=1S/C12H25N.CHN/c1-3-5-6-9-13-10-8-12(11-13)7-4-2;1-2/h12H,3-11H2,1-2H3;1H. The van der Waals surface area contributed by atoms with Gasteiger partial charge in [0, 0.05) is 13.1 Å². The lowest BCUT2D eigenvalue weighted by Gasteiger charge is -2.15. The molecular weight excluding hydrogens is 184 g/mol. The number of nitriles is 1. The van der Waals surface area contributed by atoms with Crippen LogP contribution in [0.15, 0.2) is 0 Å². The van der Waals surface area contributed by atoms with E-state index >= 15 is 0 Å². The summed E-state index contributed by atoms with van der Waals surface area (Å²) in [6, 6.07) is 0. The fourth-order valence-corrected chi connectivity index (χ4v) is 2.35. The van der Waals surface area contributed by atoms with E-state index in [9.17, 15) is 0 Å². The summed E-state index contributed by atoms with van der Waals surface area (Å²) in [4.78, 5) is 2.66. The number of hydrogen-bond donors (Lipinski definition) is 0. The Morgan fingerprint density at radius 2 is 1.93 bits per heavy atom. The van der Waals surface area contributed by atoms with Gasteiger partial charge in [-0.25, -0.2) is 5.26 Å². The van der Waals surface area contributed by atoms with Crippen molar-refractivity contribution in [1.82, 2.24) is 4.90 Å². The maximum absolute atomic E-state index is 6.50. The first-order valence-corrected chi connectivity index (χ1v) is 6.35. The quantitative estimate of drug-likeness (QED) is 0.628. The van der Waals surface area contributed by atoms with Gasteiger partial charge in [0.1, 0.15) is 0 Å². The number of hydrogen-bond acceptors (Lipinski definition) is 2. The summed E-state index contributed by atoms with van der Waals surface area (Å²) in [6.07, 6.45) is 8.45. The highest BCUT2D eigenvalue weighted by atomic mass is 15.1. The summed E-state index contributed by atoms with van der Waals surface area (Å²) in [5, 5.41) is 6.50. The van der Waals surface area contributed by atoms with Gasteiger partial charge in [-0.05, 0) is 38.3 Å². The minimum Gasteiger partial charge on any atom is -0.303 e. The molecule has 0 N–H and O–H groups in total. The van der Waals surface area contributed by atoms with Crippen LogP contribution in [0.4, 0.5) is 0 Å². The molecule has 0 saturated carbocycles. The zero-order valence-electron chi connectivity index (χ0n) is 10.4. The molecule has 1 heterocycles. The summed E-state index contributed by atoms with van der Waals surface area (Å²) in [5.74, 6) is 1.02. The van der Waals surface area contributed by atoms with Crippen LogP contribution >= 0.6 is 0 Å². The third-order valence-electron chi connectivity index (χ3n) is 3.14. The second kappa shape index (κ2) is 9.98. The number of rotatable bonds is 6. The monoisotopic (exact) mass is 210 g/mol. The Morgan fingerprint density at radius 1 is 1.20 bits per heavy atom. The molecule has 1 atom stereocenters. The van der Waals surface area contributed by atoms with Gasteiger partial charge >= 0.3 is 0 Å². The first-order chi connectivity index (χ1) is 7.36. The molecule has 88 valence electrons. The van der Waals surface area contributed by atoms with Crippen LogP contribution in [0.5, 0.6) is 0 Å². The van der Waals surface area contributed by atoms with E-state index in [4.69, 9.17) is 5.26 Å². The summed E-state index contributed by atoms with van der Waals surface area (Å²) in [7, 11) is 0. The lowest BCUT2D eigenvalue weighted by atomic mass is 10.0. The smallest absolute Gasteiger partial charge is 0.0462 e. The van der Waals surface area contributed by atoms with E-state index in [1.807, 2.05) is 0 Å². The molecule has 1 aliphatic rings. The van der Waals surface area contributed by atoms with Crippen LogP contribution in [0.25, 0.3) is 0 Å². The molecule has 0 amide bonds. The highest BCUT2D eigenvalue weighted by Gasteiger charge is 2.20. The van der Waals surface area contributed by atoms with Crippen molar-refractivity contribution in [2.75, 3.05) is 19.6 Å². The Balaban J connectivity index is 0.000000921. The molecule has 1 aliphatic heterocycles. The summed E-state index contributed by atoms with van der Waals surface area (Å²) in [6.45, 7) is 12.2. The fourth-order valence-electron chi connectivity index (χ4n) is 2.35. The molecule has 15 heavy (non-hydrogen) atoms. The van der Waals surface area contributed by atoms with Crippen LogP contribution in [-0.4, -0.2) is 24.5 Å². The lowest BCUT2D eigenvalue weighted by Crippen LogP contribution is -2.21. The molecule has 1 rings (SSSR count). The average Bonchev–Trinajstić information content (AvgIpc) is 2.70. The number of unbranched alkanes of at least 4 members (excludes halogenated alkanes) is 2. The van der Waals surface area contributed by atoms with Gasteiger partial charge in [-0.3, -0.25) is 0 Å². The van der Waals surface area contributed by atoms with Crippen molar-refractivity contribution in [3.05, 3.63) is 0 Å². The Hall–Kier alpha value is -0.550. The molecule has 0 aromatic rings. The summed E-state index contributed by atoms with van der Waals surface area (Å²) in [5.41, 5.74) is 0. The largest absolute Gasteiger partial charge is 0.303 e. The van der Waals surface area contributed by atoms with Crippen molar-refractivity contribution in [3.8, 4) is 6.57 Å². The molecule has 0 aliphatic carbocycles. The van der Waals surface area contributed by atoms with Crippen LogP contribution in [0.2, 0.25) is 0 Å². The third-order valence-corrected chi connectivity index (χ3v) is 3.14. The molecule has 2 nitrogen and oxygen atoms in total. The minimum absolute atomic E-state index is 1.02. The molecule has 0 aromatic carbocycles. The van der Waals surface area contributed by atoms with Gasteiger partial charge in [0.15, 0.2) is 0 Å². The lowest BCUT2D eigenvalue weighted by molar-refractivity contribution is 0.312. The number of likely N-dealkylation sites (tertiary alicyclic amines) is 1. The van der Waals surface area contributed by atoms with Crippen molar-refractivity contribution in [2.45, 2.75) is 52.4 Å². The Bertz CT molecular complexity index is 154. The third kappa shape index (κ3) is 6.52. The summed E-state index contributed by atoms with van der Waals surface area (Å²) < 4.78 is 0. The Labute approximate surface area is 95.3 Å². The molecule has 0 bridgehead atoms. The molecule has 2 heteroatoms. The maximum atomic E-state index is 6.50. The van der Waals surface area contributed by atoms with Crippen molar-refractivity contribution < 1.29 is 0 Å². The van der Waals surface area contributed by atoms with Gasteiger partial charge in [-0.2, -0.15) is 0 Å². The van der Waals surface area contributed by atoms with Gasteiger partial charge in [-0.1, -0.05) is 33.1 Å². The second-order valence-corrected chi connectivity index (χ2v) is 4.45. The first-order valence-electron chi connectivity index (χ1n) is 6.35. The number of nitrogens with zero attached hydrogens (tertiary/aromatic N) is 2. The molecule has 1 saturated heterocycles. The predicted octanol–water partition coefficient (Wildman–Crippen LogP) is 3.44. The highest BCUT2D eigenvalue weighted by molar-refractivity contribution is 4.74. The summed E-state index contributed by atoms with van der Waals surface area (Å²) >= 11 is 0.